The average Bonchev–Trinajstić information content (AvgIpc) is 2.49. The number of ether oxygens (including phenoxy) is 2. The molecule has 16 heavy (non-hydrogen) atoms. The number of halogens is 3. The lowest BCUT2D eigenvalue weighted by Gasteiger charge is -2.08. The smallest absolute Gasteiger partial charge is 0.395 e. The summed E-state index contributed by atoms with van der Waals surface area (Å²) in [5.41, 5.74) is 6.53. The summed E-state index contributed by atoms with van der Waals surface area (Å²) in [6.07, 6.45) is -2.83. The van der Waals surface area contributed by atoms with Gasteiger partial charge in [-0.25, -0.2) is 0 Å². The molecule has 1 aliphatic heterocycles. The van der Waals surface area contributed by atoms with Crippen LogP contribution in [0.3, 0.4) is 0 Å². The quantitative estimate of drug-likeness (QED) is 0.879. The van der Waals surface area contributed by atoms with E-state index in [1.165, 1.54) is 12.1 Å². The van der Waals surface area contributed by atoms with Gasteiger partial charge in [-0.15, -0.1) is 21.2 Å². The molecule has 0 radical (unpaired) electrons. The second-order valence-electron chi connectivity index (χ2n) is 3.39. The van der Waals surface area contributed by atoms with Crippen LogP contribution in [-0.2, 0) is 0 Å². The van der Waals surface area contributed by atoms with Crippen LogP contribution < -0.4 is 15.2 Å². The Morgan fingerprint density at radius 2 is 1.94 bits per heavy atom. The summed E-state index contributed by atoms with van der Waals surface area (Å²) in [7, 11) is 0. The molecule has 1 aromatic carbocycles. The van der Waals surface area contributed by atoms with Gasteiger partial charge in [-0.05, 0) is 24.1 Å². The van der Waals surface area contributed by atoms with Gasteiger partial charge in [0.05, 0.1) is 0 Å². The molecule has 6 heteroatoms. The maximum Gasteiger partial charge on any atom is 0.586 e. The lowest BCUT2D eigenvalue weighted by atomic mass is 10.1. The minimum absolute atomic E-state index is 0. The first kappa shape index (κ1) is 13.0. The molecule has 0 spiro atoms. The zero-order valence-corrected chi connectivity index (χ0v) is 9.39. The van der Waals surface area contributed by atoms with E-state index in [4.69, 9.17) is 5.73 Å². The Labute approximate surface area is 97.9 Å². The van der Waals surface area contributed by atoms with Crippen LogP contribution in [0, 0.1) is 0 Å². The fourth-order valence-corrected chi connectivity index (χ4v) is 1.43. The third-order valence-corrected chi connectivity index (χ3v) is 2.29. The van der Waals surface area contributed by atoms with Crippen molar-refractivity contribution >= 4 is 12.4 Å². The molecular weight excluding hydrogens is 240 g/mol. The van der Waals surface area contributed by atoms with E-state index in [0.29, 0.717) is 0 Å². The van der Waals surface area contributed by atoms with Crippen molar-refractivity contribution in [2.75, 3.05) is 0 Å². The zero-order chi connectivity index (χ0) is 11.1. The van der Waals surface area contributed by atoms with Gasteiger partial charge in [0, 0.05) is 6.04 Å². The zero-order valence-electron chi connectivity index (χ0n) is 8.57. The van der Waals surface area contributed by atoms with E-state index in [0.717, 1.165) is 12.0 Å². The normalized spacial score (nSPS) is 17.8. The number of nitrogens with two attached hydrogens (primary N) is 1. The number of rotatable bonds is 2. The Bertz CT molecular complexity index is 387. The topological polar surface area (TPSA) is 44.5 Å². The number of alkyl halides is 2. The highest BCUT2D eigenvalue weighted by molar-refractivity contribution is 5.85. The van der Waals surface area contributed by atoms with E-state index in [1.54, 1.807) is 6.07 Å². The van der Waals surface area contributed by atoms with Crippen LogP contribution >= 0.6 is 12.4 Å². The van der Waals surface area contributed by atoms with Crippen molar-refractivity contribution in [2.45, 2.75) is 25.7 Å². The highest BCUT2D eigenvalue weighted by Gasteiger charge is 2.43. The van der Waals surface area contributed by atoms with Crippen LogP contribution in [0.15, 0.2) is 18.2 Å². The Kier molecular flexibility index (Phi) is 3.60. The summed E-state index contributed by atoms with van der Waals surface area (Å²) in [5.74, 6) is 0.0912. The van der Waals surface area contributed by atoms with Crippen LogP contribution in [0.25, 0.3) is 0 Å². The van der Waals surface area contributed by atoms with Crippen molar-refractivity contribution < 1.29 is 18.3 Å². The minimum Gasteiger partial charge on any atom is -0.395 e. The molecule has 3 nitrogen and oxygen atoms in total. The molecule has 2 N–H and O–H groups in total. The average molecular weight is 252 g/mol. The molecule has 0 fully saturated rings. The molecule has 90 valence electrons. The number of hydrogen-bond acceptors (Lipinski definition) is 3. The fraction of sp³-hybridized carbons (Fsp3) is 0.400. The first-order valence-corrected chi connectivity index (χ1v) is 4.67. The first-order chi connectivity index (χ1) is 7.02. The molecule has 2 rings (SSSR count). The minimum atomic E-state index is -3.56. The lowest BCUT2D eigenvalue weighted by molar-refractivity contribution is -0.286. The van der Waals surface area contributed by atoms with E-state index in [2.05, 4.69) is 9.47 Å². The Morgan fingerprint density at radius 1 is 1.31 bits per heavy atom. The lowest BCUT2D eigenvalue weighted by Crippen LogP contribution is -2.25. The third kappa shape index (κ3) is 2.36. The standard InChI is InChI=1S/C10H11F2NO2.ClH/c1-2-7(13)6-3-4-8-9(5-6)15-10(11,12)14-8;/h3-5,7H,2,13H2,1H3;1H/t7-;/m0./s1. The Morgan fingerprint density at radius 3 is 2.56 bits per heavy atom. The summed E-state index contributed by atoms with van der Waals surface area (Å²) in [6, 6.07) is 4.43. The van der Waals surface area contributed by atoms with Crippen LogP contribution in [-0.4, -0.2) is 6.29 Å². The maximum absolute atomic E-state index is 12.7. The summed E-state index contributed by atoms with van der Waals surface area (Å²) in [6.45, 7) is 1.92. The van der Waals surface area contributed by atoms with Crippen molar-refractivity contribution in [1.29, 1.82) is 0 Å². The van der Waals surface area contributed by atoms with Gasteiger partial charge in [0.15, 0.2) is 11.5 Å². The SMILES string of the molecule is CC[C@H](N)c1ccc2c(c1)OC(F)(F)O2.Cl. The second kappa shape index (κ2) is 4.43. The van der Waals surface area contributed by atoms with Gasteiger partial charge >= 0.3 is 6.29 Å². The summed E-state index contributed by atoms with van der Waals surface area (Å²) >= 11 is 0. The van der Waals surface area contributed by atoms with E-state index in [1.807, 2.05) is 6.92 Å². The number of hydrogen-bond donors (Lipinski definition) is 1. The van der Waals surface area contributed by atoms with Crippen molar-refractivity contribution in [3.05, 3.63) is 23.8 Å². The van der Waals surface area contributed by atoms with Crippen LogP contribution in [0.1, 0.15) is 24.9 Å². The molecule has 0 saturated carbocycles. The first-order valence-electron chi connectivity index (χ1n) is 4.67. The van der Waals surface area contributed by atoms with Gasteiger partial charge in [-0.3, -0.25) is 0 Å². The van der Waals surface area contributed by atoms with E-state index in [9.17, 15) is 8.78 Å². The molecule has 0 unspecified atom stereocenters. The van der Waals surface area contributed by atoms with Gasteiger partial charge in [0.1, 0.15) is 0 Å². The molecule has 1 aromatic rings. The number of fused-ring (bicyclic) bond motifs is 1. The predicted molar refractivity (Wildman–Crippen MR) is 57.1 cm³/mol. The summed E-state index contributed by atoms with van der Waals surface area (Å²) in [5, 5.41) is 0. The van der Waals surface area contributed by atoms with Gasteiger partial charge in [0.2, 0.25) is 0 Å². The van der Waals surface area contributed by atoms with Gasteiger partial charge in [-0.2, -0.15) is 0 Å². The van der Waals surface area contributed by atoms with E-state index < -0.39 is 6.29 Å². The highest BCUT2D eigenvalue weighted by Crippen LogP contribution is 2.41. The highest BCUT2D eigenvalue weighted by atomic mass is 35.5. The van der Waals surface area contributed by atoms with Crippen molar-refractivity contribution in [1.82, 2.24) is 0 Å². The van der Waals surface area contributed by atoms with Crippen molar-refractivity contribution in [3.63, 3.8) is 0 Å². The summed E-state index contributed by atoms with van der Waals surface area (Å²) < 4.78 is 33.9. The largest absolute Gasteiger partial charge is 0.586 e. The Hall–Kier alpha value is -1.07. The third-order valence-electron chi connectivity index (χ3n) is 2.29. The maximum atomic E-state index is 12.7. The van der Waals surface area contributed by atoms with Crippen molar-refractivity contribution in [3.8, 4) is 11.5 Å². The van der Waals surface area contributed by atoms with Gasteiger partial charge in [0.25, 0.3) is 0 Å². The van der Waals surface area contributed by atoms with Crippen molar-refractivity contribution in [2.24, 2.45) is 5.73 Å². The molecular formula is C10H12ClF2NO2. The van der Waals surface area contributed by atoms with Crippen LogP contribution in [0.4, 0.5) is 8.78 Å². The van der Waals surface area contributed by atoms with Crippen LogP contribution in [0.2, 0.25) is 0 Å². The predicted octanol–water partition coefficient (Wildman–Crippen LogP) is 2.84. The molecule has 1 aliphatic rings. The number of benzene rings is 1. The monoisotopic (exact) mass is 251 g/mol. The summed E-state index contributed by atoms with van der Waals surface area (Å²) in [4.78, 5) is 0. The molecule has 0 saturated heterocycles. The molecule has 0 aromatic heterocycles. The molecule has 0 bridgehead atoms. The van der Waals surface area contributed by atoms with Gasteiger partial charge < -0.3 is 15.2 Å². The second-order valence-corrected chi connectivity index (χ2v) is 3.39. The molecule has 0 aliphatic carbocycles. The molecule has 1 heterocycles. The molecule has 1 atom stereocenters. The van der Waals surface area contributed by atoms with Gasteiger partial charge in [-0.1, -0.05) is 13.0 Å². The Balaban J connectivity index is 0.00000128. The fourth-order valence-electron chi connectivity index (χ4n) is 1.43. The van der Waals surface area contributed by atoms with E-state index >= 15 is 0 Å². The van der Waals surface area contributed by atoms with Crippen LogP contribution in [0.5, 0.6) is 11.5 Å². The molecule has 0 amide bonds. The van der Waals surface area contributed by atoms with E-state index in [-0.39, 0.29) is 29.9 Å².